The highest BCUT2D eigenvalue weighted by Gasteiger charge is 2.25. The van der Waals surface area contributed by atoms with Crippen LogP contribution in [0.15, 0.2) is 84.9 Å². The van der Waals surface area contributed by atoms with Gasteiger partial charge < -0.3 is 5.73 Å². The van der Waals surface area contributed by atoms with Crippen LogP contribution in [0.25, 0.3) is 0 Å². The number of benzene rings is 3. The van der Waals surface area contributed by atoms with Crippen molar-refractivity contribution in [1.82, 2.24) is 0 Å². The summed E-state index contributed by atoms with van der Waals surface area (Å²) >= 11 is 6.04. The fraction of sp³-hybridized carbons (Fsp3) is 0.143. The van der Waals surface area contributed by atoms with Crippen LogP contribution in [0, 0.1) is 0 Å². The first-order valence-electron chi connectivity index (χ1n) is 7.85. The molecule has 0 radical (unpaired) electrons. The first-order chi connectivity index (χ1) is 11.3. The molecule has 2 N–H and O–H groups in total. The zero-order chi connectivity index (χ0) is 16.1. The lowest BCUT2D eigenvalue weighted by atomic mass is 9.77. The van der Waals surface area contributed by atoms with Gasteiger partial charge in [-0.25, -0.2) is 0 Å². The minimum absolute atomic E-state index is 0.206. The molecule has 23 heavy (non-hydrogen) atoms. The fourth-order valence-electron chi connectivity index (χ4n) is 3.15. The summed E-state index contributed by atoms with van der Waals surface area (Å²) in [6, 6.07) is 29.2. The Morgan fingerprint density at radius 3 is 1.57 bits per heavy atom. The lowest BCUT2D eigenvalue weighted by molar-refractivity contribution is 0.613. The van der Waals surface area contributed by atoms with Crippen molar-refractivity contribution in [2.24, 2.45) is 5.73 Å². The van der Waals surface area contributed by atoms with Gasteiger partial charge in [0.1, 0.15) is 0 Å². The Labute approximate surface area is 142 Å². The molecule has 116 valence electrons. The summed E-state index contributed by atoms with van der Waals surface area (Å²) in [4.78, 5) is 0. The smallest absolute Gasteiger partial charge is 0.0406 e. The summed E-state index contributed by atoms with van der Waals surface area (Å²) in [6.45, 7) is 0.579. The van der Waals surface area contributed by atoms with Crippen LogP contribution in [-0.4, -0.2) is 6.54 Å². The van der Waals surface area contributed by atoms with Gasteiger partial charge in [0.05, 0.1) is 0 Å². The molecule has 0 heterocycles. The van der Waals surface area contributed by atoms with Crippen LogP contribution in [0.1, 0.15) is 28.5 Å². The van der Waals surface area contributed by atoms with Crippen LogP contribution in [0.3, 0.4) is 0 Å². The molecule has 0 fully saturated rings. The van der Waals surface area contributed by atoms with E-state index >= 15 is 0 Å². The Kier molecular flexibility index (Phi) is 5.12. The van der Waals surface area contributed by atoms with Crippen molar-refractivity contribution >= 4 is 11.6 Å². The lowest BCUT2D eigenvalue weighted by Crippen LogP contribution is -2.21. The molecule has 0 aliphatic carbocycles. The Bertz CT molecular complexity index is 683. The molecule has 3 aromatic carbocycles. The molecule has 0 aliphatic rings. The maximum Gasteiger partial charge on any atom is 0.0406 e. The molecule has 1 nitrogen and oxygen atoms in total. The molecule has 0 saturated heterocycles. The molecule has 0 bridgehead atoms. The Morgan fingerprint density at radius 1 is 0.652 bits per heavy atom. The van der Waals surface area contributed by atoms with Gasteiger partial charge in [0.25, 0.3) is 0 Å². The predicted molar refractivity (Wildman–Crippen MR) is 98.0 cm³/mol. The largest absolute Gasteiger partial charge is 0.330 e. The van der Waals surface area contributed by atoms with Gasteiger partial charge in [0, 0.05) is 23.4 Å². The van der Waals surface area contributed by atoms with E-state index in [2.05, 4.69) is 60.7 Å². The quantitative estimate of drug-likeness (QED) is 0.685. The molecule has 0 amide bonds. The minimum atomic E-state index is 0.206. The summed E-state index contributed by atoms with van der Waals surface area (Å²) in [5.74, 6) is 0.431. The summed E-state index contributed by atoms with van der Waals surface area (Å²) in [5.41, 5.74) is 9.97. The monoisotopic (exact) mass is 321 g/mol. The van der Waals surface area contributed by atoms with E-state index < -0.39 is 0 Å². The molecule has 2 heteroatoms. The standard InChI is InChI=1S/C21H20ClN/c22-19-13-11-16(12-14-19)20(15-23)21(17-7-3-1-4-8-17)18-9-5-2-6-10-18/h1-14,20-21H,15,23H2. The Balaban J connectivity index is 2.08. The predicted octanol–water partition coefficient (Wildman–Crippen LogP) is 5.21. The minimum Gasteiger partial charge on any atom is -0.330 e. The van der Waals surface area contributed by atoms with E-state index in [0.717, 1.165) is 5.02 Å². The molecular formula is C21H20ClN. The van der Waals surface area contributed by atoms with Crippen LogP contribution in [0.4, 0.5) is 0 Å². The molecule has 1 unspecified atom stereocenters. The second-order valence-corrected chi connectivity index (χ2v) is 6.13. The van der Waals surface area contributed by atoms with Crippen molar-refractivity contribution in [3.8, 4) is 0 Å². The lowest BCUT2D eigenvalue weighted by Gasteiger charge is -2.28. The molecule has 0 saturated carbocycles. The summed E-state index contributed by atoms with van der Waals surface area (Å²) in [5, 5.41) is 0.750. The molecular weight excluding hydrogens is 302 g/mol. The zero-order valence-electron chi connectivity index (χ0n) is 12.9. The van der Waals surface area contributed by atoms with E-state index in [4.69, 9.17) is 17.3 Å². The van der Waals surface area contributed by atoms with Gasteiger partial charge >= 0.3 is 0 Å². The van der Waals surface area contributed by atoms with E-state index in [1.165, 1.54) is 16.7 Å². The first-order valence-corrected chi connectivity index (χ1v) is 8.23. The van der Waals surface area contributed by atoms with Gasteiger partial charge in [-0.05, 0) is 28.8 Å². The average Bonchev–Trinajstić information content (AvgIpc) is 2.62. The first kappa shape index (κ1) is 15.8. The third-order valence-corrected chi connectivity index (χ3v) is 4.52. The Morgan fingerprint density at radius 2 is 1.13 bits per heavy atom. The van der Waals surface area contributed by atoms with Gasteiger partial charge in [0.2, 0.25) is 0 Å². The number of hydrogen-bond donors (Lipinski definition) is 1. The van der Waals surface area contributed by atoms with Gasteiger partial charge in [-0.2, -0.15) is 0 Å². The van der Waals surface area contributed by atoms with E-state index in [1.807, 2.05) is 24.3 Å². The molecule has 0 aromatic heterocycles. The van der Waals surface area contributed by atoms with Crippen molar-refractivity contribution < 1.29 is 0 Å². The fourth-order valence-corrected chi connectivity index (χ4v) is 3.28. The van der Waals surface area contributed by atoms with Crippen molar-refractivity contribution in [3.63, 3.8) is 0 Å². The highest BCUT2D eigenvalue weighted by molar-refractivity contribution is 6.30. The maximum absolute atomic E-state index is 6.19. The molecule has 3 aromatic rings. The highest BCUT2D eigenvalue weighted by Crippen LogP contribution is 2.38. The van der Waals surface area contributed by atoms with Crippen molar-refractivity contribution in [2.45, 2.75) is 11.8 Å². The van der Waals surface area contributed by atoms with Crippen LogP contribution >= 0.6 is 11.6 Å². The number of rotatable bonds is 5. The van der Waals surface area contributed by atoms with Gasteiger partial charge in [-0.15, -0.1) is 0 Å². The summed E-state index contributed by atoms with van der Waals surface area (Å²) in [6.07, 6.45) is 0. The van der Waals surface area contributed by atoms with Gasteiger partial charge in [-0.1, -0.05) is 84.4 Å². The van der Waals surface area contributed by atoms with Gasteiger partial charge in [0.15, 0.2) is 0 Å². The third-order valence-electron chi connectivity index (χ3n) is 4.27. The number of halogens is 1. The van der Waals surface area contributed by atoms with Crippen molar-refractivity contribution in [1.29, 1.82) is 0 Å². The van der Waals surface area contributed by atoms with E-state index in [0.29, 0.717) is 6.54 Å². The normalized spacial score (nSPS) is 12.3. The van der Waals surface area contributed by atoms with E-state index in [-0.39, 0.29) is 11.8 Å². The van der Waals surface area contributed by atoms with Crippen molar-refractivity contribution in [3.05, 3.63) is 107 Å². The average molecular weight is 322 g/mol. The third kappa shape index (κ3) is 3.64. The molecule has 3 rings (SSSR count). The second kappa shape index (κ2) is 7.45. The molecule has 0 aliphatic heterocycles. The van der Waals surface area contributed by atoms with Crippen molar-refractivity contribution in [2.75, 3.05) is 6.54 Å². The SMILES string of the molecule is NCC(c1ccc(Cl)cc1)C(c1ccccc1)c1ccccc1. The number of nitrogens with two attached hydrogens (primary N) is 1. The van der Waals surface area contributed by atoms with Gasteiger partial charge in [-0.3, -0.25) is 0 Å². The van der Waals surface area contributed by atoms with E-state index in [1.54, 1.807) is 0 Å². The molecule has 1 atom stereocenters. The van der Waals surface area contributed by atoms with Crippen LogP contribution < -0.4 is 5.73 Å². The van der Waals surface area contributed by atoms with E-state index in [9.17, 15) is 0 Å². The van der Waals surface area contributed by atoms with Crippen LogP contribution in [-0.2, 0) is 0 Å². The van der Waals surface area contributed by atoms with Crippen LogP contribution in [0.5, 0.6) is 0 Å². The van der Waals surface area contributed by atoms with Crippen LogP contribution in [0.2, 0.25) is 5.02 Å². The number of hydrogen-bond acceptors (Lipinski definition) is 1. The zero-order valence-corrected chi connectivity index (χ0v) is 13.7. The maximum atomic E-state index is 6.19. The summed E-state index contributed by atoms with van der Waals surface area (Å²) in [7, 11) is 0. The highest BCUT2D eigenvalue weighted by atomic mass is 35.5. The Hall–Kier alpha value is -2.09. The topological polar surface area (TPSA) is 26.0 Å². The second-order valence-electron chi connectivity index (χ2n) is 5.69. The molecule has 0 spiro atoms. The summed E-state index contributed by atoms with van der Waals surface area (Å²) < 4.78 is 0.